The van der Waals surface area contributed by atoms with E-state index in [1.165, 1.54) is 23.8 Å². The molecule has 0 fully saturated rings. The van der Waals surface area contributed by atoms with Crippen molar-refractivity contribution in [3.8, 4) is 11.1 Å². The molecule has 6 heteroatoms. The minimum Gasteiger partial charge on any atom is -0.345 e. The zero-order valence-corrected chi connectivity index (χ0v) is 18.1. The number of hydrogen-bond donors (Lipinski definition) is 1. The summed E-state index contributed by atoms with van der Waals surface area (Å²) in [6.07, 6.45) is 0.804. The van der Waals surface area contributed by atoms with Gasteiger partial charge in [0.05, 0.1) is 34.1 Å². The molecule has 4 aromatic rings. The number of carbonyl (C=O) groups is 1. The summed E-state index contributed by atoms with van der Waals surface area (Å²) in [6, 6.07) is 15.3. The quantitative estimate of drug-likeness (QED) is 0.448. The van der Waals surface area contributed by atoms with E-state index in [0.29, 0.717) is 28.0 Å². The Balaban J connectivity index is 1.60. The Bertz CT molecular complexity index is 1350. The molecule has 1 amide bonds. The van der Waals surface area contributed by atoms with E-state index in [2.05, 4.69) is 16.5 Å². The molecule has 2 aromatic heterocycles. The van der Waals surface area contributed by atoms with Crippen molar-refractivity contribution in [2.75, 3.05) is 0 Å². The maximum atomic E-state index is 14.6. The van der Waals surface area contributed by atoms with Crippen molar-refractivity contribution in [1.29, 1.82) is 0 Å². The van der Waals surface area contributed by atoms with Crippen LogP contribution in [-0.4, -0.2) is 15.5 Å². The molecular formula is C26H23F2N3O. The first-order valence-electron chi connectivity index (χ1n) is 10.7. The van der Waals surface area contributed by atoms with Gasteiger partial charge >= 0.3 is 0 Å². The highest BCUT2D eigenvalue weighted by Crippen LogP contribution is 2.36. The van der Waals surface area contributed by atoms with Crippen LogP contribution in [-0.2, 0) is 6.42 Å². The van der Waals surface area contributed by atoms with Crippen LogP contribution in [0.25, 0.3) is 16.6 Å². The number of aryl methyl sites for hydroxylation is 1. The highest BCUT2D eigenvalue weighted by Gasteiger charge is 2.29. The molecule has 0 saturated heterocycles. The summed E-state index contributed by atoms with van der Waals surface area (Å²) in [5.74, 6) is -1.49. The highest BCUT2D eigenvalue weighted by atomic mass is 19.1. The molecule has 5 rings (SSSR count). The van der Waals surface area contributed by atoms with E-state index in [1.807, 2.05) is 32.0 Å². The largest absolute Gasteiger partial charge is 0.345 e. The number of halogens is 2. The number of amides is 1. The zero-order valence-electron chi connectivity index (χ0n) is 18.1. The Morgan fingerprint density at radius 2 is 1.75 bits per heavy atom. The van der Waals surface area contributed by atoms with E-state index in [-0.39, 0.29) is 23.4 Å². The van der Waals surface area contributed by atoms with Crippen LogP contribution in [0.4, 0.5) is 8.78 Å². The highest BCUT2D eigenvalue weighted by molar-refractivity contribution is 5.97. The van der Waals surface area contributed by atoms with Gasteiger partial charge in [-0.2, -0.15) is 5.10 Å². The summed E-state index contributed by atoms with van der Waals surface area (Å²) in [7, 11) is 0. The van der Waals surface area contributed by atoms with Gasteiger partial charge in [-0.05, 0) is 54.7 Å². The third-order valence-corrected chi connectivity index (χ3v) is 6.17. The summed E-state index contributed by atoms with van der Waals surface area (Å²) in [5.41, 5.74) is 4.98. The monoisotopic (exact) mass is 431 g/mol. The van der Waals surface area contributed by atoms with Crippen LogP contribution in [0, 0.1) is 18.6 Å². The van der Waals surface area contributed by atoms with Crippen LogP contribution < -0.4 is 5.32 Å². The Morgan fingerprint density at radius 3 is 2.44 bits per heavy atom. The van der Waals surface area contributed by atoms with Crippen molar-refractivity contribution in [3.63, 3.8) is 0 Å². The molecule has 0 saturated carbocycles. The fourth-order valence-electron chi connectivity index (χ4n) is 4.66. The zero-order chi connectivity index (χ0) is 22.6. The number of nitrogens with zero attached hydrogens (tertiary/aromatic N) is 2. The van der Waals surface area contributed by atoms with E-state index in [0.717, 1.165) is 12.0 Å². The number of benzene rings is 2. The van der Waals surface area contributed by atoms with Gasteiger partial charge in [-0.3, -0.25) is 4.79 Å². The second-order valence-corrected chi connectivity index (χ2v) is 8.57. The van der Waals surface area contributed by atoms with Crippen LogP contribution >= 0.6 is 0 Å². The van der Waals surface area contributed by atoms with Gasteiger partial charge in [-0.1, -0.05) is 44.2 Å². The van der Waals surface area contributed by atoms with Gasteiger partial charge in [0.2, 0.25) is 0 Å². The summed E-state index contributed by atoms with van der Waals surface area (Å²) < 4.78 is 30.8. The third-order valence-electron chi connectivity index (χ3n) is 6.17. The van der Waals surface area contributed by atoms with Gasteiger partial charge in [0.25, 0.3) is 5.91 Å². The fraction of sp³-hybridized carbons (Fsp3) is 0.231. The predicted octanol–water partition coefficient (Wildman–Crippen LogP) is 5.74. The molecule has 2 heterocycles. The lowest BCUT2D eigenvalue weighted by molar-refractivity contribution is 0.0929. The van der Waals surface area contributed by atoms with Gasteiger partial charge in [0.1, 0.15) is 11.6 Å². The van der Waals surface area contributed by atoms with E-state index >= 15 is 0 Å². The average molecular weight is 431 g/mol. The average Bonchev–Trinajstić information content (AvgIpc) is 3.06. The SMILES string of the molecule is Cc1nn2c(C(C)C)c(C(=O)NC3Cc4ccccc43)ccc2c1-c1c(F)cccc1F. The van der Waals surface area contributed by atoms with E-state index in [4.69, 9.17) is 0 Å². The number of pyridine rings is 1. The number of carbonyl (C=O) groups excluding carboxylic acids is 1. The molecule has 1 N–H and O–H groups in total. The molecule has 32 heavy (non-hydrogen) atoms. The first-order chi connectivity index (χ1) is 15.4. The van der Waals surface area contributed by atoms with Gasteiger partial charge < -0.3 is 5.32 Å². The number of aromatic nitrogens is 2. The number of fused-ring (bicyclic) bond motifs is 2. The lowest BCUT2D eigenvalue weighted by Gasteiger charge is -2.31. The molecule has 162 valence electrons. The van der Waals surface area contributed by atoms with Crippen LogP contribution in [0.5, 0.6) is 0 Å². The van der Waals surface area contributed by atoms with E-state index in [1.54, 1.807) is 23.6 Å². The van der Waals surface area contributed by atoms with Gasteiger partial charge in [0.15, 0.2) is 0 Å². The lowest BCUT2D eigenvalue weighted by atomic mass is 9.83. The van der Waals surface area contributed by atoms with E-state index < -0.39 is 11.6 Å². The topological polar surface area (TPSA) is 46.4 Å². The minimum absolute atomic E-state index is 0.0168. The Kier molecular flexibility index (Phi) is 4.81. The van der Waals surface area contributed by atoms with Crippen LogP contribution in [0.1, 0.15) is 58.7 Å². The minimum atomic E-state index is -0.639. The van der Waals surface area contributed by atoms with Crippen molar-refractivity contribution in [2.45, 2.75) is 39.2 Å². The number of nitrogens with one attached hydrogen (secondary N) is 1. The summed E-state index contributed by atoms with van der Waals surface area (Å²) in [5, 5.41) is 7.71. The van der Waals surface area contributed by atoms with E-state index in [9.17, 15) is 13.6 Å². The fourth-order valence-corrected chi connectivity index (χ4v) is 4.66. The first kappa shape index (κ1) is 20.4. The van der Waals surface area contributed by atoms with Crippen molar-refractivity contribution < 1.29 is 13.6 Å². The molecule has 0 radical (unpaired) electrons. The Morgan fingerprint density at radius 1 is 1.03 bits per heavy atom. The summed E-state index contributed by atoms with van der Waals surface area (Å²) in [4.78, 5) is 13.2. The van der Waals surface area contributed by atoms with Gasteiger partial charge in [0, 0.05) is 5.56 Å². The van der Waals surface area contributed by atoms with Crippen molar-refractivity contribution in [2.24, 2.45) is 0 Å². The molecule has 0 aliphatic heterocycles. The number of hydrogen-bond acceptors (Lipinski definition) is 2. The van der Waals surface area contributed by atoms with Gasteiger partial charge in [-0.25, -0.2) is 13.3 Å². The number of rotatable bonds is 4. The first-order valence-corrected chi connectivity index (χ1v) is 10.7. The molecule has 0 spiro atoms. The Labute approximate surface area is 184 Å². The lowest BCUT2D eigenvalue weighted by Crippen LogP contribution is -2.36. The predicted molar refractivity (Wildman–Crippen MR) is 120 cm³/mol. The van der Waals surface area contributed by atoms with Crippen molar-refractivity contribution in [1.82, 2.24) is 14.9 Å². The second-order valence-electron chi connectivity index (χ2n) is 8.57. The summed E-state index contributed by atoms with van der Waals surface area (Å²) >= 11 is 0. The Hall–Kier alpha value is -3.54. The van der Waals surface area contributed by atoms with Crippen LogP contribution in [0.2, 0.25) is 0 Å². The molecule has 0 bridgehead atoms. The standard InChI is InChI=1S/C26H23F2N3O/c1-14(2)25-18(26(32)29-21-13-16-7-4-5-8-17(16)21)11-12-22-23(15(3)30-31(22)25)24-19(27)9-6-10-20(24)28/h4-12,14,21H,13H2,1-3H3,(H,29,32). The molecular weight excluding hydrogens is 408 g/mol. The second kappa shape index (κ2) is 7.55. The maximum absolute atomic E-state index is 14.6. The third kappa shape index (κ3) is 3.09. The molecule has 1 unspecified atom stereocenters. The summed E-state index contributed by atoms with van der Waals surface area (Å²) in [6.45, 7) is 5.68. The smallest absolute Gasteiger partial charge is 0.253 e. The normalized spacial score (nSPS) is 15.0. The van der Waals surface area contributed by atoms with Crippen molar-refractivity contribution in [3.05, 3.63) is 94.3 Å². The van der Waals surface area contributed by atoms with Crippen LogP contribution in [0.3, 0.4) is 0 Å². The van der Waals surface area contributed by atoms with Crippen molar-refractivity contribution >= 4 is 11.4 Å². The van der Waals surface area contributed by atoms with Gasteiger partial charge in [-0.15, -0.1) is 0 Å². The molecule has 1 atom stereocenters. The molecule has 4 nitrogen and oxygen atoms in total. The maximum Gasteiger partial charge on any atom is 0.253 e. The van der Waals surface area contributed by atoms with Crippen LogP contribution in [0.15, 0.2) is 54.6 Å². The molecule has 2 aromatic carbocycles. The molecule has 1 aliphatic carbocycles. The molecule has 1 aliphatic rings.